The van der Waals surface area contributed by atoms with Crippen LogP contribution in [0, 0.1) is 0 Å². The SMILES string of the molecule is CC1OCCC1(O)CNC1CCN(C)C1. The highest BCUT2D eigenvalue weighted by Crippen LogP contribution is 2.25. The monoisotopic (exact) mass is 214 g/mol. The van der Waals surface area contributed by atoms with Crippen LogP contribution in [0.4, 0.5) is 0 Å². The van der Waals surface area contributed by atoms with Gasteiger partial charge < -0.3 is 20.1 Å². The second-order valence-corrected chi connectivity index (χ2v) is 5.00. The van der Waals surface area contributed by atoms with Crippen molar-refractivity contribution in [1.82, 2.24) is 10.2 Å². The molecular formula is C11H22N2O2. The predicted molar refractivity (Wildman–Crippen MR) is 58.9 cm³/mol. The van der Waals surface area contributed by atoms with Gasteiger partial charge in [-0.2, -0.15) is 0 Å². The van der Waals surface area contributed by atoms with Gasteiger partial charge >= 0.3 is 0 Å². The van der Waals surface area contributed by atoms with Crippen LogP contribution in [-0.4, -0.2) is 61.0 Å². The second kappa shape index (κ2) is 4.37. The first-order valence-electron chi connectivity index (χ1n) is 5.86. The van der Waals surface area contributed by atoms with Crippen molar-refractivity contribution < 1.29 is 9.84 Å². The number of ether oxygens (including phenoxy) is 1. The molecule has 0 bridgehead atoms. The number of nitrogens with one attached hydrogen (secondary N) is 1. The molecule has 2 heterocycles. The minimum Gasteiger partial charge on any atom is -0.386 e. The summed E-state index contributed by atoms with van der Waals surface area (Å²) in [4.78, 5) is 2.32. The smallest absolute Gasteiger partial charge is 0.105 e. The summed E-state index contributed by atoms with van der Waals surface area (Å²) in [6.45, 7) is 5.54. The number of likely N-dealkylation sites (N-methyl/N-ethyl adjacent to an activating group) is 1. The van der Waals surface area contributed by atoms with Gasteiger partial charge in [-0.3, -0.25) is 0 Å². The lowest BCUT2D eigenvalue weighted by Crippen LogP contribution is -2.49. The molecule has 4 nitrogen and oxygen atoms in total. The number of rotatable bonds is 3. The van der Waals surface area contributed by atoms with E-state index >= 15 is 0 Å². The predicted octanol–water partition coefficient (Wildman–Crippen LogP) is -0.180. The zero-order chi connectivity index (χ0) is 10.9. The van der Waals surface area contributed by atoms with Crippen molar-refractivity contribution in [2.45, 2.75) is 37.5 Å². The van der Waals surface area contributed by atoms with E-state index < -0.39 is 5.60 Å². The molecule has 0 amide bonds. The van der Waals surface area contributed by atoms with Gasteiger partial charge in [0.15, 0.2) is 0 Å². The van der Waals surface area contributed by atoms with E-state index in [0.717, 1.165) is 19.5 Å². The van der Waals surface area contributed by atoms with Gasteiger partial charge in [0.05, 0.1) is 6.10 Å². The molecule has 2 fully saturated rings. The van der Waals surface area contributed by atoms with Gasteiger partial charge in [0.25, 0.3) is 0 Å². The van der Waals surface area contributed by atoms with Crippen molar-refractivity contribution in [2.24, 2.45) is 0 Å². The van der Waals surface area contributed by atoms with Crippen LogP contribution in [-0.2, 0) is 4.74 Å². The van der Waals surface area contributed by atoms with Gasteiger partial charge in [-0.1, -0.05) is 0 Å². The Balaban J connectivity index is 1.77. The average molecular weight is 214 g/mol. The quantitative estimate of drug-likeness (QED) is 0.684. The van der Waals surface area contributed by atoms with E-state index in [1.54, 1.807) is 0 Å². The second-order valence-electron chi connectivity index (χ2n) is 5.00. The summed E-state index contributed by atoms with van der Waals surface area (Å²) >= 11 is 0. The Kier molecular flexibility index (Phi) is 3.30. The van der Waals surface area contributed by atoms with Crippen molar-refractivity contribution in [2.75, 3.05) is 33.3 Å². The summed E-state index contributed by atoms with van der Waals surface area (Å²) in [7, 11) is 2.14. The first kappa shape index (κ1) is 11.3. The minimum atomic E-state index is -0.652. The maximum absolute atomic E-state index is 10.3. The van der Waals surface area contributed by atoms with Crippen LogP contribution >= 0.6 is 0 Å². The number of nitrogens with zero attached hydrogens (tertiary/aromatic N) is 1. The zero-order valence-corrected chi connectivity index (χ0v) is 9.70. The number of hydrogen-bond acceptors (Lipinski definition) is 4. The molecule has 2 aliphatic heterocycles. The number of likely N-dealkylation sites (tertiary alicyclic amines) is 1. The summed E-state index contributed by atoms with van der Waals surface area (Å²) in [6, 6.07) is 0.534. The van der Waals surface area contributed by atoms with E-state index in [9.17, 15) is 5.11 Å². The van der Waals surface area contributed by atoms with E-state index in [2.05, 4.69) is 17.3 Å². The van der Waals surface area contributed by atoms with Crippen molar-refractivity contribution >= 4 is 0 Å². The van der Waals surface area contributed by atoms with Crippen LogP contribution < -0.4 is 5.32 Å². The molecule has 2 aliphatic rings. The minimum absolute atomic E-state index is 0.0378. The Morgan fingerprint density at radius 2 is 2.40 bits per heavy atom. The fourth-order valence-electron chi connectivity index (χ4n) is 2.43. The molecule has 0 aromatic carbocycles. The lowest BCUT2D eigenvalue weighted by molar-refractivity contribution is -0.0274. The fourth-order valence-corrected chi connectivity index (χ4v) is 2.43. The van der Waals surface area contributed by atoms with Crippen LogP contribution in [0.25, 0.3) is 0 Å². The normalized spacial score (nSPS) is 42.6. The van der Waals surface area contributed by atoms with Gasteiger partial charge in [0, 0.05) is 32.2 Å². The summed E-state index contributed by atoms with van der Waals surface area (Å²) in [6.07, 6.45) is 1.90. The van der Waals surface area contributed by atoms with Crippen LogP contribution in [0.15, 0.2) is 0 Å². The molecule has 4 heteroatoms. The van der Waals surface area contributed by atoms with Crippen molar-refractivity contribution in [1.29, 1.82) is 0 Å². The van der Waals surface area contributed by atoms with Gasteiger partial charge in [0.1, 0.15) is 5.60 Å². The van der Waals surface area contributed by atoms with Crippen molar-refractivity contribution in [3.63, 3.8) is 0 Å². The molecule has 0 spiro atoms. The molecule has 0 radical (unpaired) electrons. The number of hydrogen-bond donors (Lipinski definition) is 2. The third-order valence-electron chi connectivity index (χ3n) is 3.75. The molecule has 15 heavy (non-hydrogen) atoms. The molecule has 0 aromatic rings. The van der Waals surface area contributed by atoms with Gasteiger partial charge in [0.2, 0.25) is 0 Å². The summed E-state index contributed by atoms with van der Waals surface area (Å²) in [5, 5.41) is 13.7. The number of aliphatic hydroxyl groups is 1. The maximum Gasteiger partial charge on any atom is 0.105 e. The Morgan fingerprint density at radius 1 is 1.60 bits per heavy atom. The standard InChI is InChI=1S/C11H22N2O2/c1-9-11(14,4-6-15-9)8-12-10-3-5-13(2)7-10/h9-10,12,14H,3-8H2,1-2H3. The molecule has 2 rings (SSSR count). The van der Waals surface area contributed by atoms with Crippen LogP contribution in [0.2, 0.25) is 0 Å². The lowest BCUT2D eigenvalue weighted by Gasteiger charge is -2.28. The molecule has 0 saturated carbocycles. The Hall–Kier alpha value is -0.160. The van der Waals surface area contributed by atoms with Crippen molar-refractivity contribution in [3.8, 4) is 0 Å². The van der Waals surface area contributed by atoms with Crippen LogP contribution in [0.3, 0.4) is 0 Å². The topological polar surface area (TPSA) is 44.7 Å². The highest BCUT2D eigenvalue weighted by Gasteiger charge is 2.39. The van der Waals surface area contributed by atoms with Crippen LogP contribution in [0.5, 0.6) is 0 Å². The third kappa shape index (κ3) is 2.50. The third-order valence-corrected chi connectivity index (χ3v) is 3.75. The first-order chi connectivity index (χ1) is 7.10. The van der Waals surface area contributed by atoms with E-state index in [1.807, 2.05) is 6.92 Å². The zero-order valence-electron chi connectivity index (χ0n) is 9.70. The molecule has 3 atom stereocenters. The molecular weight excluding hydrogens is 192 g/mol. The van der Waals surface area contributed by atoms with Crippen LogP contribution in [0.1, 0.15) is 19.8 Å². The Labute approximate surface area is 91.6 Å². The highest BCUT2D eigenvalue weighted by molar-refractivity contribution is 4.93. The molecule has 3 unspecified atom stereocenters. The fraction of sp³-hybridized carbons (Fsp3) is 1.00. The highest BCUT2D eigenvalue weighted by atomic mass is 16.5. The lowest BCUT2D eigenvalue weighted by atomic mass is 9.96. The Bertz CT molecular complexity index is 225. The summed E-state index contributed by atoms with van der Waals surface area (Å²) in [5.41, 5.74) is -0.652. The average Bonchev–Trinajstić information content (AvgIpc) is 2.73. The summed E-state index contributed by atoms with van der Waals surface area (Å²) in [5.74, 6) is 0. The van der Waals surface area contributed by atoms with Crippen molar-refractivity contribution in [3.05, 3.63) is 0 Å². The summed E-state index contributed by atoms with van der Waals surface area (Å²) < 4.78 is 5.40. The maximum atomic E-state index is 10.3. The molecule has 0 aliphatic carbocycles. The largest absolute Gasteiger partial charge is 0.386 e. The van der Waals surface area contributed by atoms with Gasteiger partial charge in [-0.15, -0.1) is 0 Å². The first-order valence-corrected chi connectivity index (χ1v) is 5.86. The van der Waals surface area contributed by atoms with E-state index in [4.69, 9.17) is 4.74 Å². The van der Waals surface area contributed by atoms with E-state index in [0.29, 0.717) is 19.2 Å². The molecule has 2 N–H and O–H groups in total. The molecule has 2 saturated heterocycles. The molecule has 0 aromatic heterocycles. The van der Waals surface area contributed by atoms with Gasteiger partial charge in [-0.05, 0) is 26.9 Å². The Morgan fingerprint density at radius 3 is 2.93 bits per heavy atom. The molecule has 88 valence electrons. The van der Waals surface area contributed by atoms with E-state index in [1.165, 1.54) is 6.42 Å². The van der Waals surface area contributed by atoms with Gasteiger partial charge in [-0.25, -0.2) is 0 Å². The van der Waals surface area contributed by atoms with E-state index in [-0.39, 0.29) is 6.10 Å².